The number of pyridine rings is 2. The summed E-state index contributed by atoms with van der Waals surface area (Å²) in [5, 5.41) is 0. The largest absolute Gasteiger partial charge is 0.337 e. The lowest BCUT2D eigenvalue weighted by Gasteiger charge is -2.40. The van der Waals surface area contributed by atoms with Gasteiger partial charge in [-0.3, -0.25) is 9.78 Å². The molecule has 1 fully saturated rings. The molecule has 2 aromatic heterocycles. The molecule has 1 aromatic carbocycles. The Balaban J connectivity index is 1.32. The molecule has 4 nitrogen and oxygen atoms in total. The fourth-order valence-corrected chi connectivity index (χ4v) is 5.37. The number of amides is 1. The van der Waals surface area contributed by atoms with E-state index in [0.717, 1.165) is 54.7 Å². The number of hydrogen-bond acceptors (Lipinski definition) is 3. The molecular formula is C28H27N3O. The number of piperidine rings is 1. The summed E-state index contributed by atoms with van der Waals surface area (Å²) < 4.78 is 0. The average molecular weight is 422 g/mol. The van der Waals surface area contributed by atoms with Crippen molar-refractivity contribution in [1.29, 1.82) is 0 Å². The molecule has 160 valence electrons. The maximum atomic E-state index is 13.2. The predicted octanol–water partition coefficient (Wildman–Crippen LogP) is 4.94. The lowest BCUT2D eigenvalue weighted by Crippen LogP contribution is -2.44. The summed E-state index contributed by atoms with van der Waals surface area (Å²) in [6.45, 7) is 5.34. The molecule has 1 spiro atoms. The molecule has 3 aromatic rings. The van der Waals surface area contributed by atoms with Gasteiger partial charge >= 0.3 is 0 Å². The van der Waals surface area contributed by atoms with Crippen molar-refractivity contribution in [2.45, 2.75) is 44.9 Å². The molecule has 0 saturated carbocycles. The number of benzene rings is 1. The van der Waals surface area contributed by atoms with Crippen LogP contribution in [0.2, 0.25) is 0 Å². The third-order valence-corrected chi connectivity index (χ3v) is 7.09. The summed E-state index contributed by atoms with van der Waals surface area (Å²) in [6, 6.07) is 14.7. The van der Waals surface area contributed by atoms with Crippen molar-refractivity contribution in [2.24, 2.45) is 0 Å². The van der Waals surface area contributed by atoms with Crippen LogP contribution in [0.1, 0.15) is 59.1 Å². The minimum absolute atomic E-state index is 0.0320. The van der Waals surface area contributed by atoms with Gasteiger partial charge in [0.25, 0.3) is 5.91 Å². The lowest BCUT2D eigenvalue weighted by atomic mass is 9.74. The Morgan fingerprint density at radius 1 is 1.06 bits per heavy atom. The topological polar surface area (TPSA) is 46.1 Å². The quantitative estimate of drug-likeness (QED) is 0.551. The van der Waals surface area contributed by atoms with Crippen molar-refractivity contribution in [2.75, 3.05) is 13.1 Å². The summed E-state index contributed by atoms with van der Waals surface area (Å²) in [4.78, 5) is 24.2. The van der Waals surface area contributed by atoms with Crippen molar-refractivity contribution >= 4 is 5.91 Å². The molecule has 1 amide bonds. The van der Waals surface area contributed by atoms with E-state index in [1.54, 1.807) is 6.20 Å². The van der Waals surface area contributed by atoms with Crippen molar-refractivity contribution in [3.05, 3.63) is 82.9 Å². The highest BCUT2D eigenvalue weighted by atomic mass is 16.2. The van der Waals surface area contributed by atoms with Crippen LogP contribution in [0.5, 0.6) is 0 Å². The fraction of sp³-hybridized carbons (Fsp3) is 0.321. The Hall–Kier alpha value is -3.45. The van der Waals surface area contributed by atoms with E-state index in [9.17, 15) is 4.79 Å². The van der Waals surface area contributed by atoms with Crippen LogP contribution in [0.3, 0.4) is 0 Å². The van der Waals surface area contributed by atoms with Gasteiger partial charge in [-0.05, 0) is 68.2 Å². The van der Waals surface area contributed by atoms with Crippen LogP contribution in [0.15, 0.2) is 54.9 Å². The molecule has 0 unspecified atom stereocenters. The second-order valence-electron chi connectivity index (χ2n) is 8.90. The molecule has 2 aliphatic rings. The Bertz CT molecular complexity index is 1240. The first-order valence-electron chi connectivity index (χ1n) is 11.3. The SMILES string of the molecule is CC#Cc1cncc(-c2ccc(C(=O)N3CCC4(CCc5ccccc54)CC3)nc2C)c1. The van der Waals surface area contributed by atoms with E-state index in [1.807, 2.05) is 43.1 Å². The zero-order valence-electron chi connectivity index (χ0n) is 18.7. The minimum atomic E-state index is 0.0320. The first-order valence-corrected chi connectivity index (χ1v) is 11.3. The van der Waals surface area contributed by atoms with Crippen LogP contribution < -0.4 is 0 Å². The number of carbonyl (C=O) groups is 1. The zero-order valence-corrected chi connectivity index (χ0v) is 18.7. The number of rotatable bonds is 2. The van der Waals surface area contributed by atoms with Gasteiger partial charge in [0.05, 0.1) is 0 Å². The summed E-state index contributed by atoms with van der Waals surface area (Å²) in [7, 11) is 0. The first-order chi connectivity index (χ1) is 15.6. The van der Waals surface area contributed by atoms with Crippen LogP contribution in [0.4, 0.5) is 0 Å². The van der Waals surface area contributed by atoms with Crippen LogP contribution in [-0.4, -0.2) is 33.9 Å². The van der Waals surface area contributed by atoms with Gasteiger partial charge in [-0.2, -0.15) is 0 Å². The molecule has 5 rings (SSSR count). The Morgan fingerprint density at radius 3 is 2.66 bits per heavy atom. The Morgan fingerprint density at radius 2 is 1.88 bits per heavy atom. The Kier molecular flexibility index (Phi) is 5.27. The van der Waals surface area contributed by atoms with Gasteiger partial charge in [0.1, 0.15) is 5.69 Å². The smallest absolute Gasteiger partial charge is 0.272 e. The minimum Gasteiger partial charge on any atom is -0.337 e. The van der Waals surface area contributed by atoms with Gasteiger partial charge in [0.2, 0.25) is 0 Å². The number of aromatic nitrogens is 2. The van der Waals surface area contributed by atoms with Crippen LogP contribution in [-0.2, 0) is 11.8 Å². The maximum absolute atomic E-state index is 13.2. The van der Waals surface area contributed by atoms with Crippen LogP contribution in [0.25, 0.3) is 11.1 Å². The summed E-state index contributed by atoms with van der Waals surface area (Å²) in [6.07, 6.45) is 8.00. The third-order valence-electron chi connectivity index (χ3n) is 7.09. The van der Waals surface area contributed by atoms with E-state index >= 15 is 0 Å². The second kappa shape index (κ2) is 8.24. The van der Waals surface area contributed by atoms with Gasteiger partial charge in [0, 0.05) is 47.9 Å². The van der Waals surface area contributed by atoms with E-state index in [-0.39, 0.29) is 11.3 Å². The summed E-state index contributed by atoms with van der Waals surface area (Å²) in [5.74, 6) is 5.98. The van der Waals surface area contributed by atoms with Gasteiger partial charge in [-0.15, -0.1) is 5.92 Å². The van der Waals surface area contributed by atoms with Crippen molar-refractivity contribution in [3.63, 3.8) is 0 Å². The third kappa shape index (κ3) is 3.58. The van der Waals surface area contributed by atoms with Gasteiger partial charge in [-0.1, -0.05) is 36.3 Å². The van der Waals surface area contributed by atoms with E-state index in [2.05, 4.69) is 46.1 Å². The Labute approximate surface area is 189 Å². The zero-order chi connectivity index (χ0) is 22.1. The van der Waals surface area contributed by atoms with E-state index in [0.29, 0.717) is 5.69 Å². The highest BCUT2D eigenvalue weighted by Crippen LogP contribution is 2.46. The van der Waals surface area contributed by atoms with Crippen molar-refractivity contribution < 1.29 is 4.79 Å². The highest BCUT2D eigenvalue weighted by Gasteiger charge is 2.41. The summed E-state index contributed by atoms with van der Waals surface area (Å²) in [5.41, 5.74) is 7.42. The molecular weight excluding hydrogens is 394 g/mol. The van der Waals surface area contributed by atoms with E-state index < -0.39 is 0 Å². The molecule has 1 saturated heterocycles. The van der Waals surface area contributed by atoms with Crippen molar-refractivity contribution in [3.8, 4) is 23.0 Å². The molecule has 0 N–H and O–H groups in total. The molecule has 1 aliphatic carbocycles. The maximum Gasteiger partial charge on any atom is 0.272 e. The number of nitrogens with zero attached hydrogens (tertiary/aromatic N) is 3. The standard InChI is InChI=1S/C28H27N3O/c1-3-6-21-17-23(19-29-18-21)24-9-10-26(30-20(24)2)27(32)31-15-13-28(14-16-31)12-11-22-7-4-5-8-25(22)28/h4-5,7-10,17-19H,11-16H2,1-2H3. The second-order valence-corrected chi connectivity index (χ2v) is 8.90. The normalized spacial score (nSPS) is 16.4. The summed E-state index contributed by atoms with van der Waals surface area (Å²) >= 11 is 0. The number of likely N-dealkylation sites (tertiary alicyclic amines) is 1. The number of hydrogen-bond donors (Lipinski definition) is 0. The van der Waals surface area contributed by atoms with Gasteiger partial charge in [-0.25, -0.2) is 4.98 Å². The fourth-order valence-electron chi connectivity index (χ4n) is 5.37. The molecule has 0 bridgehead atoms. The van der Waals surface area contributed by atoms with E-state index in [4.69, 9.17) is 0 Å². The molecule has 3 heterocycles. The molecule has 1 aliphatic heterocycles. The molecule has 4 heteroatoms. The van der Waals surface area contributed by atoms with Crippen LogP contribution in [0, 0.1) is 18.8 Å². The highest BCUT2D eigenvalue weighted by molar-refractivity contribution is 5.93. The number of carbonyl (C=O) groups excluding carboxylic acids is 1. The number of aryl methyl sites for hydroxylation is 2. The average Bonchev–Trinajstić information content (AvgIpc) is 3.18. The monoisotopic (exact) mass is 421 g/mol. The molecule has 0 radical (unpaired) electrons. The first kappa shape index (κ1) is 20.5. The molecule has 32 heavy (non-hydrogen) atoms. The van der Waals surface area contributed by atoms with Crippen molar-refractivity contribution in [1.82, 2.24) is 14.9 Å². The lowest BCUT2D eigenvalue weighted by molar-refractivity contribution is 0.0660. The number of fused-ring (bicyclic) bond motifs is 2. The van der Waals surface area contributed by atoms with Gasteiger partial charge < -0.3 is 4.90 Å². The van der Waals surface area contributed by atoms with E-state index in [1.165, 1.54) is 17.5 Å². The van der Waals surface area contributed by atoms with Crippen LogP contribution >= 0.6 is 0 Å². The van der Waals surface area contributed by atoms with Gasteiger partial charge in [0.15, 0.2) is 0 Å². The predicted molar refractivity (Wildman–Crippen MR) is 126 cm³/mol. The molecule has 0 atom stereocenters.